The van der Waals surface area contributed by atoms with E-state index in [0.717, 1.165) is 86.5 Å². The van der Waals surface area contributed by atoms with E-state index < -0.39 is 0 Å². The lowest BCUT2D eigenvalue weighted by molar-refractivity contribution is 0.0965. The maximum atomic E-state index is 16.0. The van der Waals surface area contributed by atoms with Gasteiger partial charge in [0.1, 0.15) is 23.1 Å². The number of amides is 1. The van der Waals surface area contributed by atoms with Crippen LogP contribution in [-0.2, 0) is 6.54 Å². The Bertz CT molecular complexity index is 1880. The largest absolute Gasteiger partial charge is 0.508 e. The number of carbonyl (C=O) groups excluding carboxylic acids is 1. The molecule has 2 fully saturated rings. The highest BCUT2D eigenvalue weighted by Gasteiger charge is 2.35. The van der Waals surface area contributed by atoms with Gasteiger partial charge in [-0.05, 0) is 90.4 Å². The van der Waals surface area contributed by atoms with E-state index in [9.17, 15) is 14.3 Å². The third-order valence-electron chi connectivity index (χ3n) is 11.1. The van der Waals surface area contributed by atoms with Crippen molar-refractivity contribution in [2.24, 2.45) is 5.92 Å². The molecule has 1 amide bonds. The number of fused-ring (bicyclic) bond motifs is 2. The molecule has 254 valence electrons. The van der Waals surface area contributed by atoms with Gasteiger partial charge in [0.05, 0.1) is 12.3 Å². The summed E-state index contributed by atoms with van der Waals surface area (Å²) in [7, 11) is 0. The van der Waals surface area contributed by atoms with Crippen LogP contribution in [0.5, 0.6) is 11.5 Å². The quantitative estimate of drug-likeness (QED) is 0.243. The zero-order chi connectivity index (χ0) is 33.6. The van der Waals surface area contributed by atoms with E-state index in [1.165, 1.54) is 11.8 Å². The number of aryl methyl sites for hydroxylation is 1. The first-order valence-corrected chi connectivity index (χ1v) is 17.5. The molecule has 0 radical (unpaired) electrons. The number of nitrogens with zero attached hydrogens (tertiary/aromatic N) is 3. The lowest BCUT2D eigenvalue weighted by Crippen LogP contribution is -2.49. The molecule has 4 aliphatic rings. The van der Waals surface area contributed by atoms with Crippen LogP contribution in [-0.4, -0.2) is 68.3 Å². The van der Waals surface area contributed by atoms with Crippen molar-refractivity contribution >= 4 is 17.3 Å². The van der Waals surface area contributed by atoms with Gasteiger partial charge in [0.2, 0.25) is 0 Å². The molecule has 2 atom stereocenters. The van der Waals surface area contributed by atoms with E-state index in [1.54, 1.807) is 31.2 Å². The number of ether oxygens (including phenoxy) is 1. The van der Waals surface area contributed by atoms with Gasteiger partial charge in [-0.25, -0.2) is 8.78 Å². The lowest BCUT2D eigenvalue weighted by atomic mass is 9.75. The molecule has 4 heterocycles. The Morgan fingerprint density at radius 1 is 0.837 bits per heavy atom. The number of benzene rings is 4. The number of halogens is 2. The number of phenols is 1. The molecule has 4 aromatic carbocycles. The third-order valence-corrected chi connectivity index (χ3v) is 11.1. The zero-order valence-corrected chi connectivity index (χ0v) is 27.8. The Labute approximate surface area is 286 Å². The highest BCUT2D eigenvalue weighted by molar-refractivity contribution is 5.98. The summed E-state index contributed by atoms with van der Waals surface area (Å²) < 4.78 is 36.3. The summed E-state index contributed by atoms with van der Waals surface area (Å²) in [4.78, 5) is 19.1. The van der Waals surface area contributed by atoms with Gasteiger partial charge in [-0.15, -0.1) is 0 Å². The second-order valence-electron chi connectivity index (χ2n) is 14.1. The van der Waals surface area contributed by atoms with Gasteiger partial charge in [-0.1, -0.05) is 24.3 Å². The topological polar surface area (TPSA) is 68.3 Å². The molecule has 0 aliphatic carbocycles. The van der Waals surface area contributed by atoms with E-state index in [0.29, 0.717) is 36.1 Å². The molecule has 9 heteroatoms. The number of anilines is 2. The summed E-state index contributed by atoms with van der Waals surface area (Å²) in [6.45, 7) is 9.37. The lowest BCUT2D eigenvalue weighted by Gasteiger charge is -2.40. The van der Waals surface area contributed by atoms with E-state index in [4.69, 9.17) is 4.74 Å². The zero-order valence-electron chi connectivity index (χ0n) is 27.8. The summed E-state index contributed by atoms with van der Waals surface area (Å²) in [5, 5.41) is 13.0. The van der Waals surface area contributed by atoms with Crippen molar-refractivity contribution in [1.29, 1.82) is 0 Å². The van der Waals surface area contributed by atoms with Crippen LogP contribution in [0.15, 0.2) is 72.8 Å². The van der Waals surface area contributed by atoms with Crippen LogP contribution < -0.4 is 19.9 Å². The molecule has 7 nitrogen and oxygen atoms in total. The molecule has 4 aliphatic heterocycles. The maximum absolute atomic E-state index is 16.0. The van der Waals surface area contributed by atoms with E-state index in [2.05, 4.69) is 32.1 Å². The molecule has 0 saturated carbocycles. The highest BCUT2D eigenvalue weighted by atomic mass is 19.1. The number of carbonyl (C=O) groups is 1. The smallest absolute Gasteiger partial charge is 0.251 e. The number of hydrogen-bond donors (Lipinski definition) is 2. The van der Waals surface area contributed by atoms with E-state index >= 15 is 4.39 Å². The fraction of sp³-hybridized carbons (Fsp3) is 0.375. The summed E-state index contributed by atoms with van der Waals surface area (Å²) in [5.41, 5.74) is 6.92. The summed E-state index contributed by atoms with van der Waals surface area (Å²) >= 11 is 0. The van der Waals surface area contributed by atoms with Gasteiger partial charge in [0.15, 0.2) is 0 Å². The molecular formula is C40H42F2N4O3. The van der Waals surface area contributed by atoms with Crippen molar-refractivity contribution < 1.29 is 23.4 Å². The minimum atomic E-state index is -0.256. The average molecular weight is 665 g/mol. The van der Waals surface area contributed by atoms with Crippen LogP contribution in [0.3, 0.4) is 0 Å². The van der Waals surface area contributed by atoms with Gasteiger partial charge < -0.3 is 25.0 Å². The van der Waals surface area contributed by atoms with Crippen molar-refractivity contribution in [3.8, 4) is 11.5 Å². The van der Waals surface area contributed by atoms with Crippen LogP contribution in [0.1, 0.15) is 62.9 Å². The van der Waals surface area contributed by atoms with Crippen LogP contribution in [0.25, 0.3) is 0 Å². The third kappa shape index (κ3) is 6.21. The van der Waals surface area contributed by atoms with Gasteiger partial charge in [0.25, 0.3) is 5.91 Å². The standard InChI is InChI=1S/C40H42F2N4O3/c1-25-18-27(2-8-35(25)41)34-24-49-38-21-31(47)5-7-33(38)39(34)28-3-9-37(36(42)20-28)46-12-10-26(11-13-46)23-44-14-16-45(17-15-44)30-4-6-32-29(19-30)22-43-40(32)48/h2-9,18-21,26,34,39,47H,10-17,22-24H2,1H3,(H,43,48)/t34-,39-/m1/s1. The Kier molecular flexibility index (Phi) is 8.39. The summed E-state index contributed by atoms with van der Waals surface area (Å²) in [6.07, 6.45) is 2.05. The average Bonchev–Trinajstić information content (AvgIpc) is 3.49. The SMILES string of the molecule is Cc1cc([C@H]2COc3cc(O)ccc3[C@H]2c2ccc(N3CCC(CN4CCN(c5ccc6c(c5)CNC6=O)CC4)CC3)c(F)c2)ccc1F. The number of aromatic hydroxyl groups is 1. The van der Waals surface area contributed by atoms with E-state index in [-0.39, 0.29) is 35.1 Å². The molecule has 4 aromatic rings. The molecule has 0 unspecified atom stereocenters. The predicted molar refractivity (Wildman–Crippen MR) is 187 cm³/mol. The van der Waals surface area contributed by atoms with Gasteiger partial charge in [-0.2, -0.15) is 0 Å². The minimum absolute atomic E-state index is 0.0209. The number of piperidine rings is 1. The Hall–Kier alpha value is -4.63. The first-order chi connectivity index (χ1) is 23.8. The number of nitrogens with one attached hydrogen (secondary N) is 1. The minimum Gasteiger partial charge on any atom is -0.508 e. The summed E-state index contributed by atoms with van der Waals surface area (Å²) in [6, 6.07) is 22.0. The van der Waals surface area contributed by atoms with Gasteiger partial charge >= 0.3 is 0 Å². The number of phenolic OH excluding ortho intramolecular Hbond substituents is 1. The molecule has 0 aromatic heterocycles. The molecule has 0 bridgehead atoms. The molecular weight excluding hydrogens is 622 g/mol. The summed E-state index contributed by atoms with van der Waals surface area (Å²) in [5.74, 6) is 0.459. The van der Waals surface area contributed by atoms with Crippen LogP contribution >= 0.6 is 0 Å². The Morgan fingerprint density at radius 3 is 2.41 bits per heavy atom. The van der Waals surface area contributed by atoms with Crippen LogP contribution in [0.2, 0.25) is 0 Å². The normalized spacial score (nSPS) is 21.2. The molecule has 2 N–H and O–H groups in total. The fourth-order valence-corrected chi connectivity index (χ4v) is 8.30. The Balaban J connectivity index is 0.911. The Morgan fingerprint density at radius 2 is 1.63 bits per heavy atom. The highest BCUT2D eigenvalue weighted by Crippen LogP contribution is 2.47. The molecule has 0 spiro atoms. The van der Waals surface area contributed by atoms with Crippen LogP contribution in [0.4, 0.5) is 20.2 Å². The molecule has 49 heavy (non-hydrogen) atoms. The van der Waals surface area contributed by atoms with Crippen molar-refractivity contribution in [2.45, 2.75) is 38.1 Å². The molecule has 8 rings (SSSR count). The number of piperazine rings is 1. The first kappa shape index (κ1) is 31.6. The maximum Gasteiger partial charge on any atom is 0.251 e. The fourth-order valence-electron chi connectivity index (χ4n) is 8.30. The second-order valence-corrected chi connectivity index (χ2v) is 14.1. The van der Waals surface area contributed by atoms with Gasteiger partial charge in [0, 0.05) is 87.1 Å². The molecule has 2 saturated heterocycles. The first-order valence-electron chi connectivity index (χ1n) is 17.5. The van der Waals surface area contributed by atoms with Crippen molar-refractivity contribution in [3.63, 3.8) is 0 Å². The van der Waals surface area contributed by atoms with Crippen molar-refractivity contribution in [1.82, 2.24) is 10.2 Å². The van der Waals surface area contributed by atoms with E-state index in [1.807, 2.05) is 30.3 Å². The van der Waals surface area contributed by atoms with Crippen molar-refractivity contribution in [3.05, 3.63) is 118 Å². The monoisotopic (exact) mass is 664 g/mol. The van der Waals surface area contributed by atoms with Crippen LogP contribution in [0, 0.1) is 24.5 Å². The predicted octanol–water partition coefficient (Wildman–Crippen LogP) is 6.57. The van der Waals surface area contributed by atoms with Crippen molar-refractivity contribution in [2.75, 3.05) is 62.2 Å². The van der Waals surface area contributed by atoms with Gasteiger partial charge in [-0.3, -0.25) is 9.69 Å². The second kappa shape index (κ2) is 13.0. The number of hydrogen-bond acceptors (Lipinski definition) is 6. The number of rotatable bonds is 6.